The number of carbonyl (C=O) groups is 2. The van der Waals surface area contributed by atoms with E-state index in [1.807, 2.05) is 12.1 Å². The Morgan fingerprint density at radius 1 is 0.852 bits per heavy atom. The predicted octanol–water partition coefficient (Wildman–Crippen LogP) is 3.46. The Morgan fingerprint density at radius 3 is 2.56 bits per heavy atom. The lowest BCUT2D eigenvalue weighted by molar-refractivity contribution is 0.101. The highest BCUT2D eigenvalue weighted by Gasteiger charge is 2.10. The van der Waals surface area contributed by atoms with Gasteiger partial charge in [-0.3, -0.25) is 19.7 Å². The molecule has 0 spiro atoms. The molecule has 27 heavy (non-hydrogen) atoms. The van der Waals surface area contributed by atoms with Gasteiger partial charge in [0.1, 0.15) is 5.69 Å². The summed E-state index contributed by atoms with van der Waals surface area (Å²) in [5, 5.41) is 13.3. The third-order valence-electron chi connectivity index (χ3n) is 3.98. The van der Waals surface area contributed by atoms with Crippen LogP contribution in [0.4, 0.5) is 11.4 Å². The van der Waals surface area contributed by atoms with Crippen LogP contribution >= 0.6 is 0 Å². The minimum atomic E-state index is -0.335. The summed E-state index contributed by atoms with van der Waals surface area (Å²) in [5.74, 6) is -0.606. The highest BCUT2D eigenvalue weighted by Crippen LogP contribution is 2.18. The van der Waals surface area contributed by atoms with E-state index in [9.17, 15) is 9.59 Å². The Kier molecular flexibility index (Phi) is 4.32. The van der Waals surface area contributed by atoms with Crippen LogP contribution in [0.3, 0.4) is 0 Å². The van der Waals surface area contributed by atoms with E-state index in [1.165, 1.54) is 0 Å². The number of amides is 2. The molecule has 132 valence electrons. The van der Waals surface area contributed by atoms with Gasteiger partial charge >= 0.3 is 0 Å². The van der Waals surface area contributed by atoms with Crippen molar-refractivity contribution in [1.29, 1.82) is 0 Å². The molecule has 0 radical (unpaired) electrons. The molecule has 3 N–H and O–H groups in total. The van der Waals surface area contributed by atoms with Gasteiger partial charge < -0.3 is 10.6 Å². The Bertz CT molecular complexity index is 1120. The molecule has 2 heterocycles. The van der Waals surface area contributed by atoms with Gasteiger partial charge in [-0.25, -0.2) is 0 Å². The van der Waals surface area contributed by atoms with Crippen molar-refractivity contribution in [3.8, 4) is 0 Å². The van der Waals surface area contributed by atoms with Crippen molar-refractivity contribution in [2.24, 2.45) is 0 Å². The summed E-state index contributed by atoms with van der Waals surface area (Å²) in [4.78, 5) is 28.7. The lowest BCUT2D eigenvalue weighted by atomic mass is 10.1. The molecule has 4 aromatic rings. The van der Waals surface area contributed by atoms with E-state index >= 15 is 0 Å². The number of benzene rings is 2. The van der Waals surface area contributed by atoms with Gasteiger partial charge in [-0.2, -0.15) is 5.10 Å². The summed E-state index contributed by atoms with van der Waals surface area (Å²) in [5.41, 5.74) is 2.81. The fourth-order valence-electron chi connectivity index (χ4n) is 2.65. The van der Waals surface area contributed by atoms with Crippen LogP contribution in [-0.2, 0) is 0 Å². The van der Waals surface area contributed by atoms with Crippen LogP contribution in [0, 0.1) is 0 Å². The van der Waals surface area contributed by atoms with Crippen molar-refractivity contribution in [2.75, 3.05) is 10.6 Å². The zero-order valence-corrected chi connectivity index (χ0v) is 14.1. The summed E-state index contributed by atoms with van der Waals surface area (Å²) >= 11 is 0. The van der Waals surface area contributed by atoms with Gasteiger partial charge in [-0.1, -0.05) is 12.1 Å². The number of nitrogens with one attached hydrogen (secondary N) is 3. The van der Waals surface area contributed by atoms with Crippen molar-refractivity contribution < 1.29 is 9.59 Å². The molecule has 0 aliphatic rings. The maximum absolute atomic E-state index is 12.5. The summed E-state index contributed by atoms with van der Waals surface area (Å²) < 4.78 is 0. The van der Waals surface area contributed by atoms with Crippen LogP contribution in [0.2, 0.25) is 0 Å². The molecule has 0 aliphatic carbocycles. The average molecular weight is 357 g/mol. The quantitative estimate of drug-likeness (QED) is 0.521. The van der Waals surface area contributed by atoms with Crippen LogP contribution in [0.15, 0.2) is 73.1 Å². The van der Waals surface area contributed by atoms with Crippen molar-refractivity contribution >= 4 is 34.1 Å². The predicted molar refractivity (Wildman–Crippen MR) is 103 cm³/mol. The maximum Gasteiger partial charge on any atom is 0.274 e. The van der Waals surface area contributed by atoms with Crippen LogP contribution in [-0.4, -0.2) is 27.0 Å². The number of anilines is 2. The van der Waals surface area contributed by atoms with Crippen LogP contribution in [0.25, 0.3) is 10.9 Å². The Balaban J connectivity index is 1.49. The topological polar surface area (TPSA) is 99.8 Å². The molecule has 0 saturated carbocycles. The van der Waals surface area contributed by atoms with Gasteiger partial charge in [-0.05, 0) is 48.5 Å². The molecule has 0 bridgehead atoms. The smallest absolute Gasteiger partial charge is 0.274 e. The van der Waals surface area contributed by atoms with Gasteiger partial charge in [0.2, 0.25) is 0 Å². The number of hydrogen-bond acceptors (Lipinski definition) is 4. The first-order valence-corrected chi connectivity index (χ1v) is 8.26. The summed E-state index contributed by atoms with van der Waals surface area (Å²) in [6.07, 6.45) is 3.24. The van der Waals surface area contributed by atoms with Crippen LogP contribution < -0.4 is 10.6 Å². The van der Waals surface area contributed by atoms with E-state index in [0.29, 0.717) is 22.6 Å². The Labute approximate surface area is 154 Å². The van der Waals surface area contributed by atoms with Crippen molar-refractivity contribution in [3.63, 3.8) is 0 Å². The first-order chi connectivity index (χ1) is 13.2. The number of carbonyl (C=O) groups excluding carboxylic acids is 2. The summed E-state index contributed by atoms with van der Waals surface area (Å²) in [7, 11) is 0. The molecular formula is C20H15N5O2. The Morgan fingerprint density at radius 2 is 1.70 bits per heavy atom. The number of aromatic nitrogens is 3. The monoisotopic (exact) mass is 357 g/mol. The van der Waals surface area contributed by atoms with E-state index in [4.69, 9.17) is 0 Å². The molecule has 0 unspecified atom stereocenters. The second-order valence-electron chi connectivity index (χ2n) is 5.88. The van der Waals surface area contributed by atoms with Crippen LogP contribution in [0.1, 0.15) is 20.8 Å². The third-order valence-corrected chi connectivity index (χ3v) is 3.98. The second kappa shape index (κ2) is 7.09. The normalized spacial score (nSPS) is 10.5. The van der Waals surface area contributed by atoms with Gasteiger partial charge in [0, 0.05) is 28.5 Å². The number of hydrogen-bond donors (Lipinski definition) is 3. The molecule has 4 rings (SSSR count). The third kappa shape index (κ3) is 3.67. The summed E-state index contributed by atoms with van der Waals surface area (Å²) in [6.45, 7) is 0. The average Bonchev–Trinajstić information content (AvgIpc) is 3.16. The van der Waals surface area contributed by atoms with Crippen molar-refractivity contribution in [2.45, 2.75) is 0 Å². The number of nitrogens with zero attached hydrogens (tertiary/aromatic N) is 2. The van der Waals surface area contributed by atoms with E-state index in [-0.39, 0.29) is 11.8 Å². The minimum absolute atomic E-state index is 0.272. The molecule has 2 aromatic carbocycles. The minimum Gasteiger partial charge on any atom is -0.322 e. The highest BCUT2D eigenvalue weighted by molar-refractivity contribution is 6.07. The van der Waals surface area contributed by atoms with E-state index < -0.39 is 0 Å². The number of H-pyrrole nitrogens is 1. The van der Waals surface area contributed by atoms with Crippen molar-refractivity contribution in [1.82, 2.24) is 15.2 Å². The number of pyridine rings is 1. The van der Waals surface area contributed by atoms with E-state index in [2.05, 4.69) is 25.8 Å². The summed E-state index contributed by atoms with van der Waals surface area (Å²) in [6, 6.07) is 17.3. The lowest BCUT2D eigenvalue weighted by Gasteiger charge is -2.08. The molecule has 0 atom stereocenters. The second-order valence-corrected chi connectivity index (χ2v) is 5.88. The maximum atomic E-state index is 12.5. The van der Waals surface area contributed by atoms with Gasteiger partial charge in [0.15, 0.2) is 0 Å². The zero-order valence-electron chi connectivity index (χ0n) is 14.1. The molecule has 0 saturated heterocycles. The SMILES string of the molecule is O=C(Nc1ccc2[nH]ncc2c1)c1cccc(NC(=O)c2ccccn2)c1. The molecule has 0 aliphatic heterocycles. The lowest BCUT2D eigenvalue weighted by Crippen LogP contribution is -2.15. The molecule has 2 aromatic heterocycles. The van der Waals surface area contributed by atoms with Gasteiger partial charge in [-0.15, -0.1) is 0 Å². The van der Waals surface area contributed by atoms with E-state index in [1.54, 1.807) is 60.9 Å². The number of aromatic amines is 1. The molecule has 7 heteroatoms. The highest BCUT2D eigenvalue weighted by atomic mass is 16.2. The van der Waals surface area contributed by atoms with Crippen molar-refractivity contribution in [3.05, 3.63) is 84.3 Å². The van der Waals surface area contributed by atoms with Gasteiger partial charge in [0.25, 0.3) is 11.8 Å². The first kappa shape index (κ1) is 16.5. The van der Waals surface area contributed by atoms with Gasteiger partial charge in [0.05, 0.1) is 11.7 Å². The molecule has 0 fully saturated rings. The number of rotatable bonds is 4. The standard InChI is InChI=1S/C20H15N5O2/c26-19(23-16-7-8-17-14(11-16)12-22-25-17)13-4-3-5-15(10-13)24-20(27)18-6-1-2-9-21-18/h1-12H,(H,22,25)(H,23,26)(H,24,27). The molecular weight excluding hydrogens is 342 g/mol. The Hall–Kier alpha value is -4.00. The zero-order chi connectivity index (χ0) is 18.6. The fraction of sp³-hybridized carbons (Fsp3) is 0. The number of fused-ring (bicyclic) bond motifs is 1. The largest absolute Gasteiger partial charge is 0.322 e. The molecule has 2 amide bonds. The molecule has 7 nitrogen and oxygen atoms in total. The van der Waals surface area contributed by atoms with Crippen LogP contribution in [0.5, 0.6) is 0 Å². The fourth-order valence-corrected chi connectivity index (χ4v) is 2.65. The first-order valence-electron chi connectivity index (χ1n) is 8.26. The van der Waals surface area contributed by atoms with E-state index in [0.717, 1.165) is 10.9 Å².